The minimum Gasteiger partial charge on any atom is -0.489 e. The van der Waals surface area contributed by atoms with E-state index in [1.165, 1.54) is 18.2 Å². The van der Waals surface area contributed by atoms with E-state index in [4.69, 9.17) is 13.9 Å². The van der Waals surface area contributed by atoms with Gasteiger partial charge in [-0.25, -0.2) is 9.78 Å². The summed E-state index contributed by atoms with van der Waals surface area (Å²) in [5.41, 5.74) is -0.251. The standard InChI is InChI=1S/C30H42F2N4O6/c1-17(2)21-15-36(13-12-35(21)7)27(37)24-25(18(3)33-29(38)42-30(4,5)6)41-26(34-24)20-10-11-22(40-28(31)32)23(14-20)39-16-19-8-9-19/h10-11,14,17-19,21,28H,8-9,12-13,15-16H2,1-7H3,(H,33,38)/t18-,21+/m0/s1. The molecule has 1 aliphatic carbocycles. The third kappa shape index (κ3) is 8.11. The first-order chi connectivity index (χ1) is 19.7. The number of piperazine rings is 1. The quantitative estimate of drug-likeness (QED) is 0.373. The first kappa shape index (κ1) is 31.5. The second kappa shape index (κ2) is 12.8. The molecule has 232 valence electrons. The summed E-state index contributed by atoms with van der Waals surface area (Å²) in [4.78, 5) is 35.0. The maximum absolute atomic E-state index is 13.9. The van der Waals surface area contributed by atoms with Crippen molar-refractivity contribution in [2.24, 2.45) is 11.8 Å². The molecule has 1 aromatic carbocycles. The van der Waals surface area contributed by atoms with Gasteiger partial charge in [-0.15, -0.1) is 0 Å². The van der Waals surface area contributed by atoms with Gasteiger partial charge < -0.3 is 28.8 Å². The van der Waals surface area contributed by atoms with Crippen LogP contribution in [0.25, 0.3) is 11.5 Å². The molecule has 0 radical (unpaired) electrons. The summed E-state index contributed by atoms with van der Waals surface area (Å²) in [5.74, 6) is 0.660. The molecule has 42 heavy (non-hydrogen) atoms. The summed E-state index contributed by atoms with van der Waals surface area (Å²) in [7, 11) is 2.04. The lowest BCUT2D eigenvalue weighted by Gasteiger charge is -2.41. The van der Waals surface area contributed by atoms with Gasteiger partial charge >= 0.3 is 12.7 Å². The van der Waals surface area contributed by atoms with Crippen molar-refractivity contribution >= 4 is 12.0 Å². The fourth-order valence-corrected chi connectivity index (χ4v) is 4.85. The number of rotatable bonds is 10. The zero-order chi connectivity index (χ0) is 30.8. The van der Waals surface area contributed by atoms with Crippen molar-refractivity contribution in [2.45, 2.75) is 78.7 Å². The Kier molecular flexibility index (Phi) is 9.64. The van der Waals surface area contributed by atoms with E-state index < -0.39 is 24.3 Å². The molecule has 2 fully saturated rings. The highest BCUT2D eigenvalue weighted by atomic mass is 19.3. The lowest BCUT2D eigenvalue weighted by molar-refractivity contribution is -0.0515. The smallest absolute Gasteiger partial charge is 0.408 e. The van der Waals surface area contributed by atoms with Crippen LogP contribution in [-0.2, 0) is 4.74 Å². The van der Waals surface area contributed by atoms with Crippen LogP contribution >= 0.6 is 0 Å². The third-order valence-electron chi connectivity index (χ3n) is 7.31. The minimum atomic E-state index is -3.02. The predicted octanol–water partition coefficient (Wildman–Crippen LogP) is 5.73. The Bertz CT molecular complexity index is 1260. The van der Waals surface area contributed by atoms with E-state index in [-0.39, 0.29) is 40.8 Å². The monoisotopic (exact) mass is 592 g/mol. The van der Waals surface area contributed by atoms with Gasteiger partial charge in [-0.05, 0) is 77.6 Å². The van der Waals surface area contributed by atoms with E-state index in [1.807, 2.05) is 7.05 Å². The summed E-state index contributed by atoms with van der Waals surface area (Å²) in [6.45, 7) is 10.2. The lowest BCUT2D eigenvalue weighted by atomic mass is 10.00. The Balaban J connectivity index is 1.68. The number of alkyl carbamates (subject to hydrolysis) is 1. The van der Waals surface area contributed by atoms with Gasteiger partial charge in [-0.1, -0.05) is 13.8 Å². The molecule has 2 aliphatic rings. The van der Waals surface area contributed by atoms with Crippen molar-refractivity contribution in [3.05, 3.63) is 29.7 Å². The van der Waals surface area contributed by atoms with E-state index in [9.17, 15) is 18.4 Å². The Morgan fingerprint density at radius 2 is 1.86 bits per heavy atom. The Morgan fingerprint density at radius 1 is 1.14 bits per heavy atom. The molecule has 1 saturated heterocycles. The highest BCUT2D eigenvalue weighted by Gasteiger charge is 2.35. The van der Waals surface area contributed by atoms with Crippen molar-refractivity contribution in [3.8, 4) is 23.0 Å². The second-order valence-corrected chi connectivity index (χ2v) is 12.4. The molecule has 2 atom stereocenters. The van der Waals surface area contributed by atoms with Gasteiger partial charge in [0, 0.05) is 31.2 Å². The van der Waals surface area contributed by atoms with Crippen molar-refractivity contribution in [1.82, 2.24) is 20.1 Å². The Hall–Kier alpha value is -3.41. The van der Waals surface area contributed by atoms with Gasteiger partial charge in [0.05, 0.1) is 12.6 Å². The van der Waals surface area contributed by atoms with Crippen LogP contribution in [0.15, 0.2) is 22.6 Å². The number of ether oxygens (including phenoxy) is 3. The predicted molar refractivity (Wildman–Crippen MR) is 152 cm³/mol. The van der Waals surface area contributed by atoms with Crippen LogP contribution in [0, 0.1) is 11.8 Å². The summed E-state index contributed by atoms with van der Waals surface area (Å²) < 4.78 is 48.1. The molecule has 10 nitrogen and oxygen atoms in total. The molecule has 4 rings (SSSR count). The van der Waals surface area contributed by atoms with Crippen molar-refractivity contribution in [3.63, 3.8) is 0 Å². The van der Waals surface area contributed by atoms with Crippen LogP contribution in [0.2, 0.25) is 0 Å². The second-order valence-electron chi connectivity index (χ2n) is 12.4. The van der Waals surface area contributed by atoms with Crippen molar-refractivity contribution in [2.75, 3.05) is 33.3 Å². The number of carbonyl (C=O) groups excluding carboxylic acids is 2. The number of alkyl halides is 2. The molecule has 0 spiro atoms. The summed E-state index contributed by atoms with van der Waals surface area (Å²) in [5, 5.41) is 2.73. The van der Waals surface area contributed by atoms with Crippen molar-refractivity contribution < 1.29 is 37.0 Å². The highest BCUT2D eigenvalue weighted by Crippen LogP contribution is 2.37. The number of hydrogen-bond donors (Lipinski definition) is 1. The molecule has 0 unspecified atom stereocenters. The van der Waals surface area contributed by atoms with Crippen LogP contribution in [0.5, 0.6) is 11.5 Å². The average Bonchev–Trinajstić information content (AvgIpc) is 3.61. The van der Waals surface area contributed by atoms with Gasteiger partial charge in [0.25, 0.3) is 5.91 Å². The lowest BCUT2D eigenvalue weighted by Crippen LogP contribution is -2.55. The Labute approximate surface area is 245 Å². The first-order valence-corrected chi connectivity index (χ1v) is 14.4. The summed E-state index contributed by atoms with van der Waals surface area (Å²) >= 11 is 0. The molecule has 2 heterocycles. The zero-order valence-electron chi connectivity index (χ0n) is 25.4. The van der Waals surface area contributed by atoms with Crippen LogP contribution in [0.4, 0.5) is 13.6 Å². The van der Waals surface area contributed by atoms with E-state index >= 15 is 0 Å². The van der Waals surface area contributed by atoms with Gasteiger partial charge in [-0.3, -0.25) is 9.69 Å². The van der Waals surface area contributed by atoms with Gasteiger partial charge in [0.15, 0.2) is 23.0 Å². The van der Waals surface area contributed by atoms with Gasteiger partial charge in [0.1, 0.15) is 5.60 Å². The normalized spacial score (nSPS) is 18.7. The maximum Gasteiger partial charge on any atom is 0.408 e. The largest absolute Gasteiger partial charge is 0.489 e. The number of aromatic nitrogens is 1. The molecule has 12 heteroatoms. The molecular weight excluding hydrogens is 550 g/mol. The van der Waals surface area contributed by atoms with Gasteiger partial charge in [0.2, 0.25) is 5.89 Å². The molecule has 2 aromatic rings. The minimum absolute atomic E-state index is 0.0639. The SMILES string of the molecule is CC(C)[C@H]1CN(C(=O)c2nc(-c3ccc(OC(F)F)c(OCC4CC4)c3)oc2[C@H](C)NC(=O)OC(C)(C)C)CCN1C. The van der Waals surface area contributed by atoms with E-state index in [0.717, 1.165) is 12.8 Å². The highest BCUT2D eigenvalue weighted by molar-refractivity contribution is 5.94. The van der Waals surface area contributed by atoms with Crippen molar-refractivity contribution in [1.29, 1.82) is 0 Å². The fraction of sp³-hybridized carbons (Fsp3) is 0.633. The van der Waals surface area contributed by atoms with E-state index in [1.54, 1.807) is 32.6 Å². The molecular formula is C30H42F2N4O6. The number of amides is 2. The number of oxazole rings is 1. The van der Waals surface area contributed by atoms with Crippen LogP contribution in [0.3, 0.4) is 0 Å². The number of nitrogens with zero attached hydrogens (tertiary/aromatic N) is 3. The zero-order valence-corrected chi connectivity index (χ0v) is 25.4. The number of carbonyl (C=O) groups is 2. The Morgan fingerprint density at radius 3 is 2.48 bits per heavy atom. The topological polar surface area (TPSA) is 106 Å². The average molecular weight is 593 g/mol. The van der Waals surface area contributed by atoms with Crippen LogP contribution < -0.4 is 14.8 Å². The number of hydrogen-bond acceptors (Lipinski definition) is 8. The molecule has 1 N–H and O–H groups in total. The summed E-state index contributed by atoms with van der Waals surface area (Å²) in [6, 6.07) is 3.80. The first-order valence-electron chi connectivity index (χ1n) is 14.4. The molecule has 2 amide bonds. The molecule has 0 bridgehead atoms. The number of halogens is 2. The number of benzene rings is 1. The molecule has 1 saturated carbocycles. The van der Waals surface area contributed by atoms with Crippen LogP contribution in [0.1, 0.15) is 76.7 Å². The maximum atomic E-state index is 13.9. The molecule has 1 aromatic heterocycles. The number of likely N-dealkylation sites (N-methyl/N-ethyl adjacent to an activating group) is 1. The molecule has 1 aliphatic heterocycles. The van der Waals surface area contributed by atoms with Gasteiger partial charge in [-0.2, -0.15) is 8.78 Å². The number of nitrogens with one attached hydrogen (secondary N) is 1. The van der Waals surface area contributed by atoms with E-state index in [0.29, 0.717) is 43.6 Å². The summed E-state index contributed by atoms with van der Waals surface area (Å²) in [6.07, 6.45) is 1.37. The van der Waals surface area contributed by atoms with E-state index in [2.05, 4.69) is 33.8 Å². The fourth-order valence-electron chi connectivity index (χ4n) is 4.85. The third-order valence-corrected chi connectivity index (χ3v) is 7.31. The van der Waals surface area contributed by atoms with Crippen LogP contribution in [-0.4, -0.2) is 78.3 Å².